The molecule has 0 fully saturated rings. The van der Waals surface area contributed by atoms with Gasteiger partial charge in [0.2, 0.25) is 5.82 Å². The second-order valence-electron chi connectivity index (χ2n) is 3.68. The Morgan fingerprint density at radius 3 is 1.85 bits per heavy atom. The Balaban J connectivity index is 3.19. The number of hydrogen-bond donors (Lipinski definition) is 1. The van der Waals surface area contributed by atoms with Crippen LogP contribution in [0.5, 0.6) is 0 Å². The summed E-state index contributed by atoms with van der Waals surface area (Å²) in [6.07, 6.45) is 1.14. The number of rotatable bonds is 6. The Bertz CT molecular complexity index is 576. The molecule has 0 bridgehead atoms. The van der Waals surface area contributed by atoms with Gasteiger partial charge in [0.25, 0.3) is 0 Å². The van der Waals surface area contributed by atoms with Crippen molar-refractivity contribution in [1.82, 2.24) is 5.48 Å². The maximum atomic E-state index is 13.3. The fraction of sp³-hybridized carbons (Fsp3) is 0.400. The van der Waals surface area contributed by atoms with Crippen LogP contribution < -0.4 is 5.48 Å². The van der Waals surface area contributed by atoms with Gasteiger partial charge < -0.3 is 0 Å². The van der Waals surface area contributed by atoms with E-state index in [2.05, 4.69) is 4.28 Å². The number of benzene rings is 1. The lowest BCUT2D eigenvalue weighted by Crippen LogP contribution is -2.24. The summed E-state index contributed by atoms with van der Waals surface area (Å²) in [5.41, 5.74) is 1.87. The average Bonchev–Trinajstić information content (AvgIpc) is 2.39. The third kappa shape index (κ3) is 3.25. The molecule has 1 aromatic rings. The highest BCUT2D eigenvalue weighted by molar-refractivity contribution is 7.86. The molecule has 4 nitrogen and oxygen atoms in total. The average molecular weight is 319 g/mol. The van der Waals surface area contributed by atoms with Gasteiger partial charge in [-0.3, -0.25) is 0 Å². The molecule has 0 aliphatic heterocycles. The predicted octanol–water partition coefficient (Wildman–Crippen LogP) is 2.39. The third-order valence-corrected chi connectivity index (χ3v) is 3.42. The summed E-state index contributed by atoms with van der Waals surface area (Å²) in [7, 11) is -5.17. The molecular weight excluding hydrogens is 309 g/mol. The van der Waals surface area contributed by atoms with Gasteiger partial charge >= 0.3 is 10.1 Å². The van der Waals surface area contributed by atoms with E-state index in [9.17, 15) is 30.4 Å². The zero-order chi connectivity index (χ0) is 15.5. The predicted molar refractivity (Wildman–Crippen MR) is 57.4 cm³/mol. The van der Waals surface area contributed by atoms with Gasteiger partial charge in [-0.05, 0) is 6.42 Å². The molecule has 0 aliphatic carbocycles. The van der Waals surface area contributed by atoms with Crippen LogP contribution in [0.25, 0.3) is 0 Å². The monoisotopic (exact) mass is 319 g/mol. The van der Waals surface area contributed by atoms with Gasteiger partial charge in [-0.25, -0.2) is 22.0 Å². The standard InChI is InChI=1S/C10H10F5NO3S/c1-2-3-4-16-19-20(17,18)10-8(14)6(12)5(11)7(13)9(10)15/h16H,2-4H2,1H3. The highest BCUT2D eigenvalue weighted by Crippen LogP contribution is 2.27. The van der Waals surface area contributed by atoms with Crippen LogP contribution in [0, 0.1) is 29.1 Å². The van der Waals surface area contributed by atoms with E-state index in [0.29, 0.717) is 12.8 Å². The summed E-state index contributed by atoms with van der Waals surface area (Å²) in [6.45, 7) is 1.80. The molecule has 0 radical (unpaired) electrons. The van der Waals surface area contributed by atoms with Crippen LogP contribution in [0.15, 0.2) is 4.90 Å². The molecule has 0 aromatic heterocycles. The van der Waals surface area contributed by atoms with E-state index in [1.165, 1.54) is 0 Å². The molecule has 0 heterocycles. The minimum atomic E-state index is -5.17. The van der Waals surface area contributed by atoms with Crippen LogP contribution >= 0.6 is 0 Å². The van der Waals surface area contributed by atoms with Crippen molar-refractivity contribution in [2.75, 3.05) is 6.54 Å². The molecule has 0 spiro atoms. The molecule has 20 heavy (non-hydrogen) atoms. The molecule has 0 atom stereocenters. The van der Waals surface area contributed by atoms with Gasteiger partial charge in [-0.15, -0.1) is 0 Å². The first-order valence-corrected chi connectivity index (χ1v) is 6.82. The minimum absolute atomic E-state index is 0.0190. The Morgan fingerprint density at radius 1 is 0.950 bits per heavy atom. The molecule has 0 unspecified atom stereocenters. The lowest BCUT2D eigenvalue weighted by atomic mass is 10.3. The Kier molecular flexibility index (Phi) is 5.42. The first kappa shape index (κ1) is 16.8. The van der Waals surface area contributed by atoms with Crippen LogP contribution in [-0.2, 0) is 14.4 Å². The molecule has 0 saturated carbocycles. The van der Waals surface area contributed by atoms with Gasteiger partial charge in [0.1, 0.15) is 0 Å². The van der Waals surface area contributed by atoms with E-state index in [0.717, 1.165) is 0 Å². The van der Waals surface area contributed by atoms with Crippen molar-refractivity contribution in [3.05, 3.63) is 29.1 Å². The van der Waals surface area contributed by atoms with E-state index in [1.54, 1.807) is 6.92 Å². The van der Waals surface area contributed by atoms with Crippen molar-refractivity contribution < 1.29 is 34.7 Å². The Labute approximate surface area is 111 Å². The molecule has 10 heteroatoms. The zero-order valence-electron chi connectivity index (χ0n) is 10.1. The summed E-state index contributed by atoms with van der Waals surface area (Å²) >= 11 is 0. The Morgan fingerprint density at radius 2 is 1.40 bits per heavy atom. The fourth-order valence-corrected chi connectivity index (χ4v) is 2.15. The Hall–Kier alpha value is -1.26. The molecule has 0 amide bonds. The topological polar surface area (TPSA) is 55.4 Å². The summed E-state index contributed by atoms with van der Waals surface area (Å²) in [4.78, 5) is -2.03. The van der Waals surface area contributed by atoms with Crippen molar-refractivity contribution in [1.29, 1.82) is 0 Å². The van der Waals surface area contributed by atoms with E-state index < -0.39 is 44.1 Å². The number of unbranched alkanes of at least 4 members (excludes halogenated alkanes) is 1. The first-order valence-electron chi connectivity index (χ1n) is 5.41. The molecule has 1 rings (SSSR count). The van der Waals surface area contributed by atoms with Gasteiger partial charge in [-0.2, -0.15) is 18.2 Å². The molecule has 0 saturated heterocycles. The van der Waals surface area contributed by atoms with Gasteiger partial charge in [0, 0.05) is 6.54 Å². The minimum Gasteiger partial charge on any atom is -0.202 e. The van der Waals surface area contributed by atoms with E-state index in [1.807, 2.05) is 5.48 Å². The smallest absolute Gasteiger partial charge is 0.202 e. The largest absolute Gasteiger partial charge is 0.319 e. The van der Waals surface area contributed by atoms with Crippen LogP contribution in [0.4, 0.5) is 22.0 Å². The van der Waals surface area contributed by atoms with E-state index in [4.69, 9.17) is 0 Å². The lowest BCUT2D eigenvalue weighted by Gasteiger charge is -2.09. The second kappa shape index (κ2) is 6.46. The van der Waals surface area contributed by atoms with Crippen LogP contribution in [0.1, 0.15) is 19.8 Å². The molecule has 1 N–H and O–H groups in total. The number of hydroxylamine groups is 1. The summed E-state index contributed by atoms with van der Waals surface area (Å²) < 4.78 is 91.9. The zero-order valence-corrected chi connectivity index (χ0v) is 11.0. The van der Waals surface area contributed by atoms with E-state index >= 15 is 0 Å². The lowest BCUT2D eigenvalue weighted by molar-refractivity contribution is 0.199. The quantitative estimate of drug-likeness (QED) is 0.288. The van der Waals surface area contributed by atoms with E-state index in [-0.39, 0.29) is 6.54 Å². The van der Waals surface area contributed by atoms with Crippen LogP contribution in [-0.4, -0.2) is 15.0 Å². The third-order valence-electron chi connectivity index (χ3n) is 2.22. The number of halogens is 5. The van der Waals surface area contributed by atoms with Gasteiger partial charge in [-0.1, -0.05) is 13.3 Å². The SMILES string of the molecule is CCCCNOS(=O)(=O)c1c(F)c(F)c(F)c(F)c1F. The highest BCUT2D eigenvalue weighted by Gasteiger charge is 2.34. The maximum Gasteiger partial charge on any atom is 0.319 e. The number of hydrogen-bond acceptors (Lipinski definition) is 4. The van der Waals surface area contributed by atoms with Crippen molar-refractivity contribution in [2.45, 2.75) is 24.7 Å². The first-order chi connectivity index (χ1) is 9.24. The van der Waals surface area contributed by atoms with Gasteiger partial charge in [0.05, 0.1) is 0 Å². The van der Waals surface area contributed by atoms with Crippen molar-refractivity contribution in [2.24, 2.45) is 0 Å². The summed E-state index contributed by atoms with van der Waals surface area (Å²) in [5.74, 6) is -12.1. The maximum absolute atomic E-state index is 13.3. The number of nitrogens with one attached hydrogen (secondary N) is 1. The normalized spacial score (nSPS) is 11.9. The fourth-order valence-electron chi connectivity index (χ4n) is 1.21. The van der Waals surface area contributed by atoms with Crippen LogP contribution in [0.2, 0.25) is 0 Å². The molecule has 1 aromatic carbocycles. The molecular formula is C10H10F5NO3S. The molecule has 114 valence electrons. The second-order valence-corrected chi connectivity index (χ2v) is 5.17. The summed E-state index contributed by atoms with van der Waals surface area (Å²) in [6, 6.07) is 0. The van der Waals surface area contributed by atoms with Crippen LogP contribution in [0.3, 0.4) is 0 Å². The highest BCUT2D eigenvalue weighted by atomic mass is 32.2. The van der Waals surface area contributed by atoms with Crippen molar-refractivity contribution in [3.8, 4) is 0 Å². The van der Waals surface area contributed by atoms with Crippen molar-refractivity contribution in [3.63, 3.8) is 0 Å². The van der Waals surface area contributed by atoms with Gasteiger partial charge in [0.15, 0.2) is 28.2 Å². The van der Waals surface area contributed by atoms with Crippen molar-refractivity contribution >= 4 is 10.1 Å². The summed E-state index contributed by atoms with van der Waals surface area (Å²) in [5, 5.41) is 0. The molecule has 0 aliphatic rings.